The Morgan fingerprint density at radius 1 is 1.50 bits per heavy atom. The Balaban J connectivity index is 1.75. The van der Waals surface area contributed by atoms with Gasteiger partial charge in [0.15, 0.2) is 0 Å². The minimum Gasteiger partial charge on any atom is -0.472 e. The lowest BCUT2D eigenvalue weighted by Gasteiger charge is -2.29. The van der Waals surface area contributed by atoms with Gasteiger partial charge in [-0.15, -0.1) is 6.58 Å². The number of furan rings is 1. The van der Waals surface area contributed by atoms with Crippen LogP contribution in [0.2, 0.25) is 0 Å². The average Bonchev–Trinajstić information content (AvgIpc) is 3.08. The Kier molecular flexibility index (Phi) is 4.34. The number of aromatic nitrogens is 1. The molecule has 0 radical (unpaired) electrons. The molecule has 0 unspecified atom stereocenters. The molecule has 3 heterocycles. The van der Waals surface area contributed by atoms with Crippen LogP contribution in [0, 0.1) is 0 Å². The molecule has 2 aromatic rings. The van der Waals surface area contributed by atoms with Crippen LogP contribution in [0.5, 0.6) is 0 Å². The molecule has 0 atom stereocenters. The normalized spacial score (nSPS) is 13.7. The number of fused-ring (bicyclic) bond motifs is 1. The molecule has 1 aliphatic heterocycles. The summed E-state index contributed by atoms with van der Waals surface area (Å²) in [7, 11) is 0. The van der Waals surface area contributed by atoms with Gasteiger partial charge in [0.25, 0.3) is 5.91 Å². The molecule has 2 aromatic heterocycles. The fraction of sp³-hybridized carbons (Fsp3) is 0.294. The third kappa shape index (κ3) is 2.94. The lowest BCUT2D eigenvalue weighted by Crippen LogP contribution is -2.36. The first-order valence-corrected chi connectivity index (χ1v) is 7.24. The van der Waals surface area contributed by atoms with Crippen molar-refractivity contribution in [3.05, 3.63) is 65.9 Å². The van der Waals surface area contributed by atoms with E-state index in [1.54, 1.807) is 12.1 Å². The summed E-state index contributed by atoms with van der Waals surface area (Å²) >= 11 is 0. The van der Waals surface area contributed by atoms with Gasteiger partial charge in [0, 0.05) is 25.5 Å². The topological polar surface area (TPSA) is 55.6 Å². The Morgan fingerprint density at radius 2 is 2.41 bits per heavy atom. The van der Waals surface area contributed by atoms with Crippen LogP contribution in [0.4, 0.5) is 0 Å². The smallest absolute Gasteiger partial charge is 0.257 e. The Morgan fingerprint density at radius 3 is 3.18 bits per heavy atom. The number of carbonyl (C=O) groups excluding carboxylic acids is 1. The predicted molar refractivity (Wildman–Crippen MR) is 81.2 cm³/mol. The number of nitrogens with zero attached hydrogens (tertiary/aromatic N) is 2. The minimum atomic E-state index is -0.00675. The molecule has 0 aromatic carbocycles. The SMILES string of the molecule is C=CCOCc1cncc2c1CCN(C(=O)c1ccoc1)C2. The molecule has 0 spiro atoms. The Bertz CT molecular complexity index is 665. The van der Waals surface area contributed by atoms with E-state index in [-0.39, 0.29) is 5.91 Å². The molecule has 1 aliphatic rings. The van der Waals surface area contributed by atoms with E-state index in [0.29, 0.717) is 31.9 Å². The zero-order valence-corrected chi connectivity index (χ0v) is 12.3. The number of amides is 1. The zero-order chi connectivity index (χ0) is 15.4. The van der Waals surface area contributed by atoms with E-state index in [1.165, 1.54) is 18.1 Å². The van der Waals surface area contributed by atoms with Crippen molar-refractivity contribution < 1.29 is 13.9 Å². The largest absolute Gasteiger partial charge is 0.472 e. The van der Waals surface area contributed by atoms with Gasteiger partial charge in [-0.05, 0) is 29.2 Å². The van der Waals surface area contributed by atoms with E-state index >= 15 is 0 Å². The first-order valence-electron chi connectivity index (χ1n) is 7.24. The lowest BCUT2D eigenvalue weighted by atomic mass is 9.97. The van der Waals surface area contributed by atoms with E-state index in [2.05, 4.69) is 11.6 Å². The second-order valence-corrected chi connectivity index (χ2v) is 5.23. The highest BCUT2D eigenvalue weighted by Crippen LogP contribution is 2.23. The summed E-state index contributed by atoms with van der Waals surface area (Å²) < 4.78 is 10.5. The van der Waals surface area contributed by atoms with E-state index < -0.39 is 0 Å². The average molecular weight is 298 g/mol. The van der Waals surface area contributed by atoms with Gasteiger partial charge in [0.05, 0.1) is 25.0 Å². The van der Waals surface area contributed by atoms with Gasteiger partial charge >= 0.3 is 0 Å². The summed E-state index contributed by atoms with van der Waals surface area (Å²) in [5.74, 6) is -0.00675. The summed E-state index contributed by atoms with van der Waals surface area (Å²) in [5, 5.41) is 0. The molecule has 0 N–H and O–H groups in total. The molecule has 0 saturated carbocycles. The van der Waals surface area contributed by atoms with Crippen LogP contribution in [0.1, 0.15) is 27.0 Å². The summed E-state index contributed by atoms with van der Waals surface area (Å²) in [6, 6.07) is 1.69. The number of pyridine rings is 1. The third-order valence-corrected chi connectivity index (χ3v) is 3.78. The first-order chi connectivity index (χ1) is 10.8. The number of ether oxygens (including phenoxy) is 1. The van der Waals surface area contributed by atoms with Gasteiger partial charge in [-0.2, -0.15) is 0 Å². The predicted octanol–water partition coefficient (Wildman–Crippen LogP) is 2.58. The van der Waals surface area contributed by atoms with Crippen molar-refractivity contribution in [1.29, 1.82) is 0 Å². The second-order valence-electron chi connectivity index (χ2n) is 5.23. The van der Waals surface area contributed by atoms with Gasteiger partial charge < -0.3 is 14.1 Å². The van der Waals surface area contributed by atoms with Gasteiger partial charge in [-0.1, -0.05) is 6.08 Å². The van der Waals surface area contributed by atoms with Crippen LogP contribution in [0.25, 0.3) is 0 Å². The van der Waals surface area contributed by atoms with Crippen molar-refractivity contribution in [3.8, 4) is 0 Å². The molecule has 114 valence electrons. The lowest BCUT2D eigenvalue weighted by molar-refractivity contribution is 0.0732. The molecule has 22 heavy (non-hydrogen) atoms. The van der Waals surface area contributed by atoms with Crippen LogP contribution < -0.4 is 0 Å². The van der Waals surface area contributed by atoms with Crippen LogP contribution >= 0.6 is 0 Å². The van der Waals surface area contributed by atoms with Crippen molar-refractivity contribution in [2.45, 2.75) is 19.6 Å². The first kappa shape index (κ1) is 14.5. The van der Waals surface area contributed by atoms with Crippen LogP contribution in [0.3, 0.4) is 0 Å². The number of hydrogen-bond donors (Lipinski definition) is 0. The Labute approximate surface area is 129 Å². The quantitative estimate of drug-likeness (QED) is 0.629. The Hall–Kier alpha value is -2.40. The highest BCUT2D eigenvalue weighted by Gasteiger charge is 2.24. The fourth-order valence-electron chi connectivity index (χ4n) is 2.69. The standard InChI is InChI=1S/C17H18N2O3/c1-2-6-21-12-15-9-18-8-14-10-19(5-3-16(14)15)17(20)13-4-7-22-11-13/h2,4,7-9,11H,1,3,5-6,10,12H2. The van der Waals surface area contributed by atoms with Crippen LogP contribution in [-0.2, 0) is 24.3 Å². The molecular weight excluding hydrogens is 280 g/mol. The van der Waals surface area contributed by atoms with E-state index in [9.17, 15) is 4.79 Å². The van der Waals surface area contributed by atoms with Crippen LogP contribution in [-0.4, -0.2) is 28.9 Å². The molecule has 5 heteroatoms. The zero-order valence-electron chi connectivity index (χ0n) is 12.3. The highest BCUT2D eigenvalue weighted by molar-refractivity contribution is 5.93. The van der Waals surface area contributed by atoms with Crippen molar-refractivity contribution in [1.82, 2.24) is 9.88 Å². The van der Waals surface area contributed by atoms with E-state index in [0.717, 1.165) is 17.5 Å². The van der Waals surface area contributed by atoms with Gasteiger partial charge in [-0.3, -0.25) is 9.78 Å². The van der Waals surface area contributed by atoms with Crippen molar-refractivity contribution in [2.24, 2.45) is 0 Å². The summed E-state index contributed by atoms with van der Waals surface area (Å²) in [4.78, 5) is 18.5. The molecule has 0 saturated heterocycles. The van der Waals surface area contributed by atoms with E-state index in [1.807, 2.05) is 17.3 Å². The van der Waals surface area contributed by atoms with E-state index in [4.69, 9.17) is 9.15 Å². The van der Waals surface area contributed by atoms with Gasteiger partial charge in [0.1, 0.15) is 6.26 Å². The summed E-state index contributed by atoms with van der Waals surface area (Å²) in [5.41, 5.74) is 4.01. The van der Waals surface area contributed by atoms with Crippen molar-refractivity contribution >= 4 is 5.91 Å². The summed E-state index contributed by atoms with van der Waals surface area (Å²) in [6.45, 7) is 5.95. The number of hydrogen-bond acceptors (Lipinski definition) is 4. The summed E-state index contributed by atoms with van der Waals surface area (Å²) in [6.07, 6.45) is 9.22. The maximum atomic E-state index is 12.4. The fourth-order valence-corrected chi connectivity index (χ4v) is 2.69. The molecular formula is C17H18N2O3. The van der Waals surface area contributed by atoms with Gasteiger partial charge in [0.2, 0.25) is 0 Å². The maximum Gasteiger partial charge on any atom is 0.257 e. The molecule has 1 amide bonds. The minimum absolute atomic E-state index is 0.00675. The molecule has 3 rings (SSSR count). The molecule has 0 fully saturated rings. The maximum absolute atomic E-state index is 12.4. The third-order valence-electron chi connectivity index (χ3n) is 3.78. The monoisotopic (exact) mass is 298 g/mol. The molecule has 5 nitrogen and oxygen atoms in total. The van der Waals surface area contributed by atoms with Crippen LogP contribution in [0.15, 0.2) is 48.1 Å². The highest BCUT2D eigenvalue weighted by atomic mass is 16.5. The molecule has 0 aliphatic carbocycles. The second kappa shape index (κ2) is 6.58. The van der Waals surface area contributed by atoms with Crippen molar-refractivity contribution in [2.75, 3.05) is 13.2 Å². The van der Waals surface area contributed by atoms with Gasteiger partial charge in [-0.25, -0.2) is 0 Å². The van der Waals surface area contributed by atoms with Crippen molar-refractivity contribution in [3.63, 3.8) is 0 Å². The molecule has 0 bridgehead atoms. The number of carbonyl (C=O) groups is 1. The number of rotatable bonds is 5.